The zero-order valence-electron chi connectivity index (χ0n) is 47.3. The zero-order valence-corrected chi connectivity index (χ0v) is 50.6. The van der Waals surface area contributed by atoms with E-state index in [4.69, 9.17) is 24.4 Å². The number of nitrogens with one attached hydrogen (secondary N) is 8. The highest BCUT2D eigenvalue weighted by atomic mass is 32.2. The lowest BCUT2D eigenvalue weighted by atomic mass is 9.78. The van der Waals surface area contributed by atoms with Crippen molar-refractivity contribution < 1.29 is 28.8 Å². The second-order valence-corrected chi connectivity index (χ2v) is 27.4. The molecule has 3 aromatic rings. The van der Waals surface area contributed by atoms with Gasteiger partial charge in [-0.1, -0.05) is 125 Å². The first-order valence-electron chi connectivity index (χ1n) is 28.4. The summed E-state index contributed by atoms with van der Waals surface area (Å²) in [5, 5.41) is 25.6. The molecule has 0 bridgehead atoms. The first kappa shape index (κ1) is 59.5. The minimum Gasteiger partial charge on any atom is -0.367 e. The lowest BCUT2D eigenvalue weighted by molar-refractivity contribution is -0.143. The van der Waals surface area contributed by atoms with E-state index in [1.807, 2.05) is 116 Å². The number of carbonyl (C=O) groups excluding carboxylic acids is 6. The van der Waals surface area contributed by atoms with Crippen LogP contribution in [0.3, 0.4) is 0 Å². The first-order valence-corrected chi connectivity index (χ1v) is 31.3. The molecule has 12 atom stereocenters. The van der Waals surface area contributed by atoms with Crippen LogP contribution in [-0.4, -0.2) is 128 Å². The summed E-state index contributed by atoms with van der Waals surface area (Å²) in [6.07, 6.45) is 4.94. The average molecular weight is 1170 g/mol. The first-order chi connectivity index (χ1) is 38.2. The van der Waals surface area contributed by atoms with E-state index >= 15 is 0 Å². The fourth-order valence-electron chi connectivity index (χ4n) is 12.9. The molecule has 0 spiro atoms. The average Bonchev–Trinajstić information content (AvgIpc) is 3.85. The molecule has 4 heterocycles. The number of likely N-dealkylation sites (N-methyl/N-ethyl adjacent to an activating group) is 2. The Kier molecular flexibility index (Phi) is 18.7. The standard InChI is InChI=1S/C60H80N10O6S4/c1-33(61-7)55(77)65-43-25-27-79-45-29-59(3,4)49(69(45)57(43)75)53(73)67-47-39-15-11-9-13-37(39)21-23-41(47)51(71)63-31-35-17-19-36(20-18-35)32-64-52(72)42-24-22-38-14-10-12-16-40(38)48(42)68-54(74)50-60(5,6)30-46-70(50)58(76)44(26-28-80-46)66-56(78)34(2)62-8/h9-20,33-34,41-50,61-62H,21-32H2,1-8H3,(H,63,71)(H,64,72)(H,65,77)(H,66,78)(H,67,73)(H,68,74)/t33-,34-,41+,42+,43-,44-,45-,46-,47-,48-,49+,50+/m0/s1. The van der Waals surface area contributed by atoms with Crippen LogP contribution in [0.15, 0.2) is 72.8 Å². The topological polar surface area (TPSA) is 205 Å². The van der Waals surface area contributed by atoms with E-state index in [0.717, 1.165) is 44.9 Å². The number of hydrogen-bond donors (Lipinski definition) is 8. The van der Waals surface area contributed by atoms with Crippen LogP contribution in [0.25, 0.3) is 0 Å². The summed E-state index contributed by atoms with van der Waals surface area (Å²) in [5.74, 6) is -0.770. The fraction of sp³-hybridized carbons (Fsp3) is 0.567. The van der Waals surface area contributed by atoms with Crippen LogP contribution >= 0.6 is 48.0 Å². The second-order valence-electron chi connectivity index (χ2n) is 24.0. The maximum absolute atomic E-state index is 14.8. The molecule has 4 fully saturated rings. The van der Waals surface area contributed by atoms with Crippen molar-refractivity contribution in [1.82, 2.24) is 52.3 Å². The molecule has 4 aliphatic heterocycles. The van der Waals surface area contributed by atoms with E-state index in [1.54, 1.807) is 33.3 Å². The van der Waals surface area contributed by atoms with Crippen molar-refractivity contribution >= 4 is 93.4 Å². The highest BCUT2D eigenvalue weighted by molar-refractivity contribution is 8.00. The van der Waals surface area contributed by atoms with Crippen LogP contribution in [0, 0.1) is 22.7 Å². The smallest absolute Gasteiger partial charge is 0.246 e. The third-order valence-electron chi connectivity index (χ3n) is 17.6. The van der Waals surface area contributed by atoms with Gasteiger partial charge in [-0.05, 0) is 135 Å². The van der Waals surface area contributed by atoms with E-state index in [1.165, 1.54) is 0 Å². The summed E-state index contributed by atoms with van der Waals surface area (Å²) in [5.41, 5.74) is 4.66. The van der Waals surface area contributed by atoms with Gasteiger partial charge >= 0.3 is 0 Å². The van der Waals surface area contributed by atoms with Crippen LogP contribution in [0.2, 0.25) is 0 Å². The van der Waals surface area contributed by atoms with Gasteiger partial charge in [0.1, 0.15) is 24.2 Å². The largest absolute Gasteiger partial charge is 0.367 e. The minimum atomic E-state index is -0.753. The van der Waals surface area contributed by atoms with Gasteiger partial charge in [-0.3, -0.25) is 28.8 Å². The Morgan fingerprint density at radius 1 is 0.562 bits per heavy atom. The highest BCUT2D eigenvalue weighted by Gasteiger charge is 2.57. The summed E-state index contributed by atoms with van der Waals surface area (Å²) >= 11 is 14.7. The molecule has 6 amide bonds. The molecule has 16 nitrogen and oxygen atoms in total. The maximum Gasteiger partial charge on any atom is 0.246 e. The lowest BCUT2D eigenvalue weighted by Gasteiger charge is -2.38. The highest BCUT2D eigenvalue weighted by Crippen LogP contribution is 2.49. The van der Waals surface area contributed by atoms with E-state index < -0.39 is 58.9 Å². The fourth-order valence-corrected chi connectivity index (χ4v) is 16.6. The van der Waals surface area contributed by atoms with Gasteiger partial charge in [0.25, 0.3) is 0 Å². The summed E-state index contributed by atoms with van der Waals surface area (Å²) in [6, 6.07) is 19.6. The van der Waals surface area contributed by atoms with Gasteiger partial charge in [-0.25, -0.2) is 0 Å². The monoisotopic (exact) mass is 1160 g/mol. The lowest BCUT2D eigenvalue weighted by Crippen LogP contribution is -2.58. The molecular formula is C60H80N10O6S4. The molecule has 430 valence electrons. The van der Waals surface area contributed by atoms with Crippen LogP contribution in [0.1, 0.15) is 126 Å². The van der Waals surface area contributed by atoms with Crippen LogP contribution < -0.4 is 42.5 Å². The molecule has 9 rings (SSSR count). The number of thioether (sulfide) groups is 2. The van der Waals surface area contributed by atoms with E-state index in [0.29, 0.717) is 61.3 Å². The number of carbonyl (C=O) groups is 6. The summed E-state index contributed by atoms with van der Waals surface area (Å²) in [4.78, 5) is 91.9. The molecule has 20 heteroatoms. The molecule has 0 saturated carbocycles. The Bertz CT molecular complexity index is 2660. The summed E-state index contributed by atoms with van der Waals surface area (Å²) in [7, 11) is 3.65. The molecule has 0 radical (unpaired) electrons. The van der Waals surface area contributed by atoms with Gasteiger partial charge in [0.05, 0.1) is 56.7 Å². The molecule has 2 aliphatic carbocycles. The predicted molar refractivity (Wildman–Crippen MR) is 324 cm³/mol. The van der Waals surface area contributed by atoms with Gasteiger partial charge in [-0.2, -0.15) is 0 Å². The number of rotatable bonds is 16. The molecule has 0 unspecified atom stereocenters. The number of aryl methyl sites for hydroxylation is 2. The van der Waals surface area contributed by atoms with Gasteiger partial charge in [-0.15, -0.1) is 23.5 Å². The zero-order chi connectivity index (χ0) is 57.2. The minimum absolute atomic E-state index is 0.118. The van der Waals surface area contributed by atoms with Gasteiger partial charge in [0.15, 0.2) is 0 Å². The third-order valence-corrected chi connectivity index (χ3v) is 21.1. The van der Waals surface area contributed by atoms with Crippen molar-refractivity contribution in [2.75, 3.05) is 25.6 Å². The Morgan fingerprint density at radius 3 is 1.31 bits per heavy atom. The van der Waals surface area contributed by atoms with Gasteiger partial charge in [0, 0.05) is 13.1 Å². The summed E-state index contributed by atoms with van der Waals surface area (Å²) < 4.78 is 0. The number of amides is 6. The van der Waals surface area contributed by atoms with Crippen molar-refractivity contribution in [2.24, 2.45) is 22.7 Å². The normalized spacial score (nSPS) is 28.2. The van der Waals surface area contributed by atoms with Gasteiger partial charge < -0.3 is 52.3 Å². The Morgan fingerprint density at radius 2 is 0.938 bits per heavy atom. The van der Waals surface area contributed by atoms with Crippen LogP contribution in [0.5, 0.6) is 0 Å². The molecule has 4 saturated heterocycles. The Hall–Kier alpha value is -5.12. The SMILES string of the molecule is CN[C@@H](C)C(=S)N[C@H]1CCS[C@H]2CC(C)(C)[C@@H](C(=O)N[C@H]3c4ccccc4CC[C@H]3C(=O)NCc3ccc(CNC(=O)[C@@H]4CCc5ccccc5[C@@H]4NC(=O)[C@H]4N5C(=O)[C@@H](NC(=S)[C@H](C)NC)CCS[C@H]5CC4(C)C)cc3)N2C1=O. The maximum atomic E-state index is 14.8. The van der Waals surface area contributed by atoms with Crippen molar-refractivity contribution in [2.45, 2.75) is 165 Å². The number of nitrogens with zero attached hydrogens (tertiary/aromatic N) is 2. The molecule has 8 N–H and O–H groups in total. The Labute approximate surface area is 491 Å². The number of hydrogen-bond acceptors (Lipinski definition) is 12. The number of fused-ring (bicyclic) bond motifs is 4. The predicted octanol–water partition coefficient (Wildman–Crippen LogP) is 5.73. The molecule has 3 aromatic carbocycles. The molecular weight excluding hydrogens is 1080 g/mol. The van der Waals surface area contributed by atoms with Crippen LogP contribution in [0.4, 0.5) is 0 Å². The number of thiocarbonyl (C=S) groups is 2. The van der Waals surface area contributed by atoms with Gasteiger partial charge in [0.2, 0.25) is 35.4 Å². The number of benzene rings is 3. The van der Waals surface area contributed by atoms with Crippen molar-refractivity contribution in [3.05, 3.63) is 106 Å². The molecule has 0 aromatic heterocycles. The third kappa shape index (κ3) is 12.6. The summed E-state index contributed by atoms with van der Waals surface area (Å²) in [6.45, 7) is 12.6. The second kappa shape index (κ2) is 25.2. The van der Waals surface area contributed by atoms with Crippen molar-refractivity contribution in [3.8, 4) is 0 Å². The van der Waals surface area contributed by atoms with Crippen molar-refractivity contribution in [3.63, 3.8) is 0 Å². The van der Waals surface area contributed by atoms with E-state index in [9.17, 15) is 28.8 Å². The molecule has 80 heavy (non-hydrogen) atoms. The van der Waals surface area contributed by atoms with Crippen LogP contribution in [-0.2, 0) is 54.7 Å². The van der Waals surface area contributed by atoms with E-state index in [2.05, 4.69) is 54.7 Å². The Balaban J connectivity index is 0.838. The molecule has 6 aliphatic rings. The van der Waals surface area contributed by atoms with E-state index in [-0.39, 0.29) is 71.4 Å². The quantitative estimate of drug-likeness (QED) is 0.0809. The van der Waals surface area contributed by atoms with Crippen molar-refractivity contribution in [1.29, 1.82) is 0 Å².